The minimum absolute atomic E-state index is 0.148. The highest BCUT2D eigenvalue weighted by atomic mass is 32.1. The number of carbonyl (C=O) groups excluding carboxylic acids is 1. The Kier molecular flexibility index (Phi) is 7.42. The summed E-state index contributed by atoms with van der Waals surface area (Å²) >= 11 is 1.72. The number of rotatable bonds is 7. The zero-order valence-electron chi connectivity index (χ0n) is 16.6. The molecule has 0 saturated heterocycles. The maximum absolute atomic E-state index is 12.3. The lowest BCUT2D eigenvalue weighted by Gasteiger charge is -2.13. The number of anilines is 1. The summed E-state index contributed by atoms with van der Waals surface area (Å²) in [6, 6.07) is 7.97. The smallest absolute Gasteiger partial charge is 0.227 e. The van der Waals surface area contributed by atoms with Crippen LogP contribution < -0.4 is 16.0 Å². The van der Waals surface area contributed by atoms with Gasteiger partial charge in [0.15, 0.2) is 5.96 Å². The molecule has 6 nitrogen and oxygen atoms in total. The summed E-state index contributed by atoms with van der Waals surface area (Å²) in [4.78, 5) is 22.3. The molecule has 2 aromatic rings. The fourth-order valence-corrected chi connectivity index (χ4v) is 4.15. The highest BCUT2D eigenvalue weighted by Crippen LogP contribution is 2.26. The van der Waals surface area contributed by atoms with E-state index in [1.807, 2.05) is 30.5 Å². The second-order valence-corrected chi connectivity index (χ2v) is 8.22. The van der Waals surface area contributed by atoms with Gasteiger partial charge >= 0.3 is 0 Å². The molecule has 0 atom stereocenters. The van der Waals surface area contributed by atoms with Crippen LogP contribution in [0.25, 0.3) is 0 Å². The number of carbonyl (C=O) groups is 1. The van der Waals surface area contributed by atoms with Crippen molar-refractivity contribution in [3.63, 3.8) is 0 Å². The Labute approximate surface area is 170 Å². The number of benzene rings is 1. The average molecular weight is 400 g/mol. The Morgan fingerprint density at radius 1 is 1.25 bits per heavy atom. The van der Waals surface area contributed by atoms with Crippen LogP contribution in [0.1, 0.15) is 48.1 Å². The number of nitrogens with one attached hydrogen (secondary N) is 3. The van der Waals surface area contributed by atoms with E-state index in [1.54, 1.807) is 18.4 Å². The molecule has 0 unspecified atom stereocenters. The van der Waals surface area contributed by atoms with E-state index in [-0.39, 0.29) is 11.8 Å². The van der Waals surface area contributed by atoms with Crippen LogP contribution >= 0.6 is 11.3 Å². The Morgan fingerprint density at radius 3 is 2.75 bits per heavy atom. The molecule has 1 aromatic carbocycles. The summed E-state index contributed by atoms with van der Waals surface area (Å²) in [6.45, 7) is 3.42. The van der Waals surface area contributed by atoms with Crippen LogP contribution in [0.4, 0.5) is 5.69 Å². The van der Waals surface area contributed by atoms with Crippen molar-refractivity contribution < 1.29 is 4.79 Å². The normalized spacial score (nSPS) is 14.9. The average Bonchev–Trinajstić information content (AvgIpc) is 3.40. The molecule has 1 amide bonds. The summed E-state index contributed by atoms with van der Waals surface area (Å²) in [5.74, 6) is 1.05. The molecular weight excluding hydrogens is 370 g/mol. The molecular formula is C21H29N5OS. The summed E-state index contributed by atoms with van der Waals surface area (Å²) in [6.07, 6.45) is 7.28. The Bertz CT molecular complexity index is 811. The van der Waals surface area contributed by atoms with E-state index in [4.69, 9.17) is 0 Å². The van der Waals surface area contributed by atoms with Gasteiger partial charge in [0, 0.05) is 36.3 Å². The van der Waals surface area contributed by atoms with E-state index in [9.17, 15) is 4.79 Å². The maximum atomic E-state index is 12.3. The molecule has 150 valence electrons. The third kappa shape index (κ3) is 5.79. The number of hydrogen-bond donors (Lipinski definition) is 3. The van der Waals surface area contributed by atoms with Gasteiger partial charge in [0.2, 0.25) is 5.91 Å². The van der Waals surface area contributed by atoms with Crippen molar-refractivity contribution in [2.75, 3.05) is 12.4 Å². The number of aromatic nitrogens is 1. The van der Waals surface area contributed by atoms with Gasteiger partial charge in [-0.3, -0.25) is 9.79 Å². The Balaban J connectivity index is 1.49. The molecule has 0 radical (unpaired) electrons. The van der Waals surface area contributed by atoms with Crippen LogP contribution in [-0.2, 0) is 24.3 Å². The third-order valence-electron chi connectivity index (χ3n) is 4.96. The van der Waals surface area contributed by atoms with Gasteiger partial charge < -0.3 is 16.0 Å². The van der Waals surface area contributed by atoms with Gasteiger partial charge in [0.1, 0.15) is 5.01 Å². The lowest BCUT2D eigenvalue weighted by Crippen LogP contribution is -2.36. The summed E-state index contributed by atoms with van der Waals surface area (Å²) in [5, 5.41) is 10.7. The van der Waals surface area contributed by atoms with Gasteiger partial charge in [-0.05, 0) is 37.0 Å². The standard InChI is InChI=1S/C21H29N5OS/c1-3-18-13-23-19(28-18)14-25-21(22-2)24-12-15-7-6-10-17(11-15)26-20(27)16-8-4-5-9-16/h6-7,10-11,13,16H,3-5,8-9,12,14H2,1-2H3,(H,26,27)(H2,22,24,25). The van der Waals surface area contributed by atoms with Gasteiger partial charge in [-0.15, -0.1) is 11.3 Å². The molecule has 28 heavy (non-hydrogen) atoms. The van der Waals surface area contributed by atoms with Crippen molar-refractivity contribution in [3.05, 3.63) is 45.9 Å². The largest absolute Gasteiger partial charge is 0.352 e. The minimum atomic E-state index is 0.148. The van der Waals surface area contributed by atoms with Crippen LogP contribution in [0, 0.1) is 5.92 Å². The summed E-state index contributed by atoms with van der Waals surface area (Å²) in [7, 11) is 1.76. The van der Waals surface area contributed by atoms with E-state index in [0.717, 1.165) is 54.3 Å². The van der Waals surface area contributed by atoms with E-state index in [1.165, 1.54) is 4.88 Å². The van der Waals surface area contributed by atoms with Gasteiger partial charge in [-0.1, -0.05) is 31.9 Å². The predicted octanol–water partition coefficient (Wildman–Crippen LogP) is 3.70. The van der Waals surface area contributed by atoms with Crippen LogP contribution in [0.5, 0.6) is 0 Å². The van der Waals surface area contributed by atoms with Crippen molar-refractivity contribution >= 4 is 28.9 Å². The molecule has 0 aliphatic heterocycles. The molecule has 7 heteroatoms. The zero-order valence-corrected chi connectivity index (χ0v) is 17.4. The molecule has 1 fully saturated rings. The predicted molar refractivity (Wildman–Crippen MR) is 116 cm³/mol. The summed E-state index contributed by atoms with van der Waals surface area (Å²) < 4.78 is 0. The fraction of sp³-hybridized carbons (Fsp3) is 0.476. The fourth-order valence-electron chi connectivity index (χ4n) is 3.35. The first-order valence-electron chi connectivity index (χ1n) is 9.96. The van der Waals surface area contributed by atoms with Gasteiger partial charge in [0.25, 0.3) is 0 Å². The molecule has 1 saturated carbocycles. The van der Waals surface area contributed by atoms with Crippen LogP contribution in [0.15, 0.2) is 35.5 Å². The number of aliphatic imine (C=N–C) groups is 1. The Hall–Kier alpha value is -2.41. The number of thiazole rings is 1. The lowest BCUT2D eigenvalue weighted by molar-refractivity contribution is -0.119. The second kappa shape index (κ2) is 10.2. The number of aryl methyl sites for hydroxylation is 1. The SMILES string of the molecule is CCc1cnc(CNC(=NC)NCc2cccc(NC(=O)C3CCCC3)c2)s1. The monoisotopic (exact) mass is 399 g/mol. The molecule has 0 bridgehead atoms. The summed E-state index contributed by atoms with van der Waals surface area (Å²) in [5.41, 5.74) is 1.95. The number of amides is 1. The van der Waals surface area contributed by atoms with Crippen LogP contribution in [0.3, 0.4) is 0 Å². The van der Waals surface area contributed by atoms with Crippen LogP contribution in [0.2, 0.25) is 0 Å². The molecule has 0 spiro atoms. The topological polar surface area (TPSA) is 78.4 Å². The van der Waals surface area contributed by atoms with E-state index in [2.05, 4.69) is 32.9 Å². The van der Waals surface area contributed by atoms with Crippen molar-refractivity contribution in [2.45, 2.75) is 52.1 Å². The highest BCUT2D eigenvalue weighted by molar-refractivity contribution is 7.11. The van der Waals surface area contributed by atoms with E-state index < -0.39 is 0 Å². The van der Waals surface area contributed by atoms with Crippen molar-refractivity contribution in [1.29, 1.82) is 0 Å². The van der Waals surface area contributed by atoms with Crippen molar-refractivity contribution in [3.8, 4) is 0 Å². The van der Waals surface area contributed by atoms with Gasteiger partial charge in [-0.2, -0.15) is 0 Å². The first-order valence-corrected chi connectivity index (χ1v) is 10.8. The maximum Gasteiger partial charge on any atom is 0.227 e. The number of hydrogen-bond acceptors (Lipinski definition) is 4. The Morgan fingerprint density at radius 2 is 2.04 bits per heavy atom. The first-order chi connectivity index (χ1) is 13.7. The molecule has 1 heterocycles. The van der Waals surface area contributed by atoms with Gasteiger partial charge in [0.05, 0.1) is 6.54 Å². The second-order valence-electron chi connectivity index (χ2n) is 7.02. The zero-order chi connectivity index (χ0) is 19.8. The third-order valence-corrected chi connectivity index (χ3v) is 6.10. The molecule has 3 N–H and O–H groups in total. The number of nitrogens with zero attached hydrogens (tertiary/aromatic N) is 2. The molecule has 3 rings (SSSR count). The van der Waals surface area contributed by atoms with E-state index in [0.29, 0.717) is 13.1 Å². The number of guanidine groups is 1. The van der Waals surface area contributed by atoms with Crippen LogP contribution in [-0.4, -0.2) is 23.9 Å². The molecule has 1 aliphatic rings. The first kappa shape index (κ1) is 20.3. The highest BCUT2D eigenvalue weighted by Gasteiger charge is 2.22. The quantitative estimate of drug-likeness (QED) is 0.490. The lowest BCUT2D eigenvalue weighted by atomic mass is 10.1. The molecule has 1 aromatic heterocycles. The molecule has 1 aliphatic carbocycles. The van der Waals surface area contributed by atoms with Crippen molar-refractivity contribution in [1.82, 2.24) is 15.6 Å². The minimum Gasteiger partial charge on any atom is -0.352 e. The van der Waals surface area contributed by atoms with Gasteiger partial charge in [-0.25, -0.2) is 4.98 Å². The van der Waals surface area contributed by atoms with E-state index >= 15 is 0 Å². The van der Waals surface area contributed by atoms with Crippen molar-refractivity contribution in [2.24, 2.45) is 10.9 Å².